The molecule has 8 heteroatoms. The second-order valence-electron chi connectivity index (χ2n) is 4.06. The number of likely N-dealkylation sites (N-methyl/N-ethyl adjacent to an activating group) is 1. The highest BCUT2D eigenvalue weighted by atomic mass is 32.1. The van der Waals surface area contributed by atoms with Gasteiger partial charge < -0.3 is 10.6 Å². The van der Waals surface area contributed by atoms with E-state index in [4.69, 9.17) is 5.73 Å². The van der Waals surface area contributed by atoms with Crippen molar-refractivity contribution in [2.24, 2.45) is 5.73 Å². The van der Waals surface area contributed by atoms with E-state index >= 15 is 0 Å². The quantitative estimate of drug-likeness (QED) is 0.781. The topological polar surface area (TPSA) is 89.9 Å². The van der Waals surface area contributed by atoms with Crippen LogP contribution in [0.15, 0.2) is 17.8 Å². The number of hydrogen-bond acceptors (Lipinski definition) is 6. The van der Waals surface area contributed by atoms with E-state index in [1.54, 1.807) is 23.3 Å². The Morgan fingerprint density at radius 2 is 2.45 bits per heavy atom. The molecule has 0 aliphatic heterocycles. The highest BCUT2D eigenvalue weighted by Gasteiger charge is 2.11. The summed E-state index contributed by atoms with van der Waals surface area (Å²) in [5, 5.41) is 12.6. The second kappa shape index (κ2) is 6.79. The first-order chi connectivity index (χ1) is 9.69. The van der Waals surface area contributed by atoms with Gasteiger partial charge in [-0.3, -0.25) is 4.79 Å². The van der Waals surface area contributed by atoms with Crippen LogP contribution < -0.4 is 5.73 Å². The Morgan fingerprint density at radius 3 is 3.15 bits per heavy atom. The van der Waals surface area contributed by atoms with Crippen LogP contribution in [-0.4, -0.2) is 44.6 Å². The van der Waals surface area contributed by atoms with Crippen LogP contribution in [0, 0.1) is 11.8 Å². The molecule has 0 atom stereocenters. The minimum Gasteiger partial charge on any atom is -0.339 e. The van der Waals surface area contributed by atoms with Crippen molar-refractivity contribution >= 4 is 17.2 Å². The molecule has 0 saturated carbocycles. The molecular formula is C12H14N6OS. The van der Waals surface area contributed by atoms with Gasteiger partial charge in [-0.15, -0.1) is 16.4 Å². The lowest BCUT2D eigenvalue weighted by atomic mass is 10.3. The number of tetrazole rings is 1. The molecular weight excluding hydrogens is 276 g/mol. The van der Waals surface area contributed by atoms with Gasteiger partial charge in [0, 0.05) is 22.9 Å². The van der Waals surface area contributed by atoms with E-state index in [-0.39, 0.29) is 12.5 Å². The predicted molar refractivity (Wildman–Crippen MR) is 74.5 cm³/mol. The van der Waals surface area contributed by atoms with Gasteiger partial charge >= 0.3 is 0 Å². The van der Waals surface area contributed by atoms with E-state index in [0.29, 0.717) is 13.1 Å². The number of carbonyl (C=O) groups excluding carboxylic acids is 1. The lowest BCUT2D eigenvalue weighted by Crippen LogP contribution is -2.29. The van der Waals surface area contributed by atoms with Crippen LogP contribution in [0.4, 0.5) is 0 Å². The third-order valence-corrected chi connectivity index (χ3v) is 3.42. The summed E-state index contributed by atoms with van der Waals surface area (Å²) < 4.78 is 1.39. The van der Waals surface area contributed by atoms with E-state index in [0.717, 1.165) is 10.4 Å². The molecule has 2 heterocycles. The van der Waals surface area contributed by atoms with Gasteiger partial charge in [0.2, 0.25) is 5.91 Å². The average Bonchev–Trinajstić information content (AvgIpc) is 3.08. The maximum atomic E-state index is 12.0. The van der Waals surface area contributed by atoms with Crippen molar-refractivity contribution in [2.45, 2.75) is 13.1 Å². The van der Waals surface area contributed by atoms with Gasteiger partial charge in [-0.05, 0) is 16.5 Å². The third kappa shape index (κ3) is 3.88. The van der Waals surface area contributed by atoms with Crippen LogP contribution in [0.3, 0.4) is 0 Å². The normalized spacial score (nSPS) is 9.90. The van der Waals surface area contributed by atoms with Gasteiger partial charge in [0.1, 0.15) is 12.9 Å². The lowest BCUT2D eigenvalue weighted by Gasteiger charge is -2.15. The summed E-state index contributed by atoms with van der Waals surface area (Å²) in [6, 6.07) is 1.97. The second-order valence-corrected chi connectivity index (χ2v) is 5.06. The standard InChI is InChI=1S/C12H14N6OS/c1-17(12(19)7-18-9-14-15-16-18)6-11-5-10(8-20-11)3-2-4-13/h5,8-9H,4,6-7,13H2,1H3. The first-order valence-corrected chi connectivity index (χ1v) is 6.78. The average molecular weight is 290 g/mol. The molecule has 2 aromatic rings. The summed E-state index contributed by atoms with van der Waals surface area (Å²) in [6.07, 6.45) is 1.41. The van der Waals surface area contributed by atoms with E-state index in [1.165, 1.54) is 11.0 Å². The van der Waals surface area contributed by atoms with Crippen molar-refractivity contribution in [2.75, 3.05) is 13.6 Å². The number of carbonyl (C=O) groups is 1. The van der Waals surface area contributed by atoms with Gasteiger partial charge in [-0.2, -0.15) is 0 Å². The number of amides is 1. The Balaban J connectivity index is 1.92. The zero-order valence-corrected chi connectivity index (χ0v) is 11.8. The Hall–Kier alpha value is -2.24. The molecule has 0 bridgehead atoms. The molecule has 0 spiro atoms. The van der Waals surface area contributed by atoms with E-state index in [1.807, 2.05) is 11.4 Å². The van der Waals surface area contributed by atoms with Crippen LogP contribution in [0.25, 0.3) is 0 Å². The zero-order valence-electron chi connectivity index (χ0n) is 11.0. The summed E-state index contributed by atoms with van der Waals surface area (Å²) in [7, 11) is 1.75. The van der Waals surface area contributed by atoms with Gasteiger partial charge in [0.05, 0.1) is 13.1 Å². The van der Waals surface area contributed by atoms with Crippen LogP contribution in [-0.2, 0) is 17.9 Å². The molecule has 2 aromatic heterocycles. The Bertz CT molecular complexity index is 624. The molecule has 0 unspecified atom stereocenters. The fourth-order valence-electron chi connectivity index (χ4n) is 1.52. The third-order valence-electron chi connectivity index (χ3n) is 2.50. The first-order valence-electron chi connectivity index (χ1n) is 5.90. The Morgan fingerprint density at radius 1 is 1.60 bits per heavy atom. The summed E-state index contributed by atoms with van der Waals surface area (Å²) >= 11 is 1.57. The molecule has 2 rings (SSSR count). The zero-order chi connectivity index (χ0) is 14.4. The molecule has 0 aromatic carbocycles. The van der Waals surface area contributed by atoms with Crippen LogP contribution >= 0.6 is 11.3 Å². The minimum absolute atomic E-state index is 0.0553. The first kappa shape index (κ1) is 14.2. The number of hydrogen-bond donors (Lipinski definition) is 1. The molecule has 0 fully saturated rings. The molecule has 0 aliphatic rings. The highest BCUT2D eigenvalue weighted by molar-refractivity contribution is 7.10. The number of nitrogens with zero attached hydrogens (tertiary/aromatic N) is 5. The van der Waals surface area contributed by atoms with Crippen LogP contribution in [0.2, 0.25) is 0 Å². The van der Waals surface area contributed by atoms with Gasteiger partial charge in [0.25, 0.3) is 0 Å². The monoisotopic (exact) mass is 290 g/mol. The van der Waals surface area contributed by atoms with E-state index < -0.39 is 0 Å². The predicted octanol–water partition coefficient (Wildman–Crippen LogP) is -0.297. The number of rotatable bonds is 4. The molecule has 7 nitrogen and oxygen atoms in total. The Labute approximate surface area is 120 Å². The van der Waals surface area contributed by atoms with Crippen LogP contribution in [0.5, 0.6) is 0 Å². The number of thiophene rings is 1. The summed E-state index contributed by atoms with van der Waals surface area (Å²) in [4.78, 5) is 14.7. The minimum atomic E-state index is -0.0553. The SMILES string of the molecule is CN(Cc1cc(C#CCN)cs1)C(=O)Cn1cnnn1. The maximum Gasteiger partial charge on any atom is 0.244 e. The largest absolute Gasteiger partial charge is 0.339 e. The number of nitrogens with two attached hydrogens (primary N) is 1. The van der Waals surface area contributed by atoms with Gasteiger partial charge in [0.15, 0.2) is 0 Å². The molecule has 1 amide bonds. The van der Waals surface area contributed by atoms with Crippen molar-refractivity contribution in [3.8, 4) is 11.8 Å². The summed E-state index contributed by atoms with van der Waals surface area (Å²) in [6.45, 7) is 1.01. The highest BCUT2D eigenvalue weighted by Crippen LogP contribution is 2.15. The van der Waals surface area contributed by atoms with Crippen molar-refractivity contribution in [3.05, 3.63) is 28.2 Å². The van der Waals surface area contributed by atoms with Gasteiger partial charge in [-0.25, -0.2) is 4.68 Å². The summed E-state index contributed by atoms with van der Waals surface area (Å²) in [5.41, 5.74) is 6.25. The molecule has 104 valence electrons. The van der Waals surface area contributed by atoms with Crippen molar-refractivity contribution < 1.29 is 4.79 Å². The van der Waals surface area contributed by atoms with E-state index in [9.17, 15) is 4.79 Å². The molecule has 2 N–H and O–H groups in total. The molecule has 0 aliphatic carbocycles. The van der Waals surface area contributed by atoms with Crippen molar-refractivity contribution in [1.29, 1.82) is 0 Å². The lowest BCUT2D eigenvalue weighted by molar-refractivity contribution is -0.131. The summed E-state index contributed by atoms with van der Waals surface area (Å²) in [5.74, 6) is 5.71. The Kier molecular flexibility index (Phi) is 4.81. The number of aromatic nitrogens is 4. The van der Waals surface area contributed by atoms with Gasteiger partial charge in [-0.1, -0.05) is 11.8 Å². The fraction of sp³-hybridized carbons (Fsp3) is 0.333. The fourth-order valence-corrected chi connectivity index (χ4v) is 2.38. The van der Waals surface area contributed by atoms with E-state index in [2.05, 4.69) is 27.4 Å². The van der Waals surface area contributed by atoms with Crippen LogP contribution in [0.1, 0.15) is 10.4 Å². The van der Waals surface area contributed by atoms with Crippen molar-refractivity contribution in [1.82, 2.24) is 25.1 Å². The molecule has 20 heavy (non-hydrogen) atoms. The van der Waals surface area contributed by atoms with Crippen molar-refractivity contribution in [3.63, 3.8) is 0 Å². The molecule has 0 radical (unpaired) electrons. The maximum absolute atomic E-state index is 12.0. The smallest absolute Gasteiger partial charge is 0.244 e. The molecule has 0 saturated heterocycles.